The Hall–Kier alpha value is -2.61. The number of nitrogens with one attached hydrogen (secondary N) is 1. The molecule has 0 radical (unpaired) electrons. The van der Waals surface area contributed by atoms with Crippen molar-refractivity contribution in [2.45, 2.75) is 19.4 Å². The van der Waals surface area contributed by atoms with Gasteiger partial charge in [-0.05, 0) is 30.5 Å². The molecule has 0 saturated carbocycles. The number of rotatable bonds is 3. The molecule has 0 fully saturated rings. The summed E-state index contributed by atoms with van der Waals surface area (Å²) in [4.78, 5) is 16.4. The van der Waals surface area contributed by atoms with Gasteiger partial charge in [-0.15, -0.1) is 0 Å². The first-order valence-electron chi connectivity index (χ1n) is 7.04. The molecular formula is C16H16N4O. The summed E-state index contributed by atoms with van der Waals surface area (Å²) >= 11 is 0. The molecule has 0 spiro atoms. The monoisotopic (exact) mass is 280 g/mol. The Bertz CT molecular complexity index is 698. The third-order valence-electron chi connectivity index (χ3n) is 3.86. The van der Waals surface area contributed by atoms with Crippen LogP contribution in [0.2, 0.25) is 0 Å². The zero-order chi connectivity index (χ0) is 14.7. The average molecular weight is 280 g/mol. The molecule has 0 aliphatic carbocycles. The quantitative estimate of drug-likeness (QED) is 0.931. The maximum atomic E-state index is 12.1. The van der Waals surface area contributed by atoms with Gasteiger partial charge in [-0.1, -0.05) is 6.07 Å². The number of benzene rings is 1. The van der Waals surface area contributed by atoms with Gasteiger partial charge in [-0.3, -0.25) is 4.79 Å². The van der Waals surface area contributed by atoms with Gasteiger partial charge >= 0.3 is 0 Å². The average Bonchev–Trinajstić information content (AvgIpc) is 3.00. The van der Waals surface area contributed by atoms with Crippen molar-refractivity contribution in [2.24, 2.45) is 5.92 Å². The van der Waals surface area contributed by atoms with Crippen LogP contribution in [0.25, 0.3) is 0 Å². The van der Waals surface area contributed by atoms with Gasteiger partial charge in [0.2, 0.25) is 0 Å². The summed E-state index contributed by atoms with van der Waals surface area (Å²) in [5, 5.41) is 11.8. The summed E-state index contributed by atoms with van der Waals surface area (Å²) in [6, 6.07) is 8.80. The van der Waals surface area contributed by atoms with E-state index in [9.17, 15) is 4.79 Å². The highest BCUT2D eigenvalue weighted by Crippen LogP contribution is 2.18. The molecule has 1 aliphatic rings. The molecule has 5 nitrogen and oxygen atoms in total. The molecule has 1 aromatic heterocycles. The molecule has 1 amide bonds. The molecule has 3 rings (SSSR count). The van der Waals surface area contributed by atoms with E-state index in [1.54, 1.807) is 24.3 Å². The minimum absolute atomic E-state index is 0.124. The van der Waals surface area contributed by atoms with Crippen LogP contribution >= 0.6 is 0 Å². The predicted octanol–water partition coefficient (Wildman–Crippen LogP) is 1.75. The fraction of sp³-hybridized carbons (Fsp3) is 0.312. The molecule has 1 aromatic carbocycles. The van der Waals surface area contributed by atoms with Crippen LogP contribution in [0.3, 0.4) is 0 Å². The summed E-state index contributed by atoms with van der Waals surface area (Å²) in [7, 11) is 0. The Balaban J connectivity index is 1.58. The van der Waals surface area contributed by atoms with Crippen molar-refractivity contribution in [1.29, 1.82) is 5.26 Å². The van der Waals surface area contributed by atoms with Crippen molar-refractivity contribution in [3.05, 3.63) is 53.6 Å². The summed E-state index contributed by atoms with van der Waals surface area (Å²) in [5.41, 5.74) is 1.04. The van der Waals surface area contributed by atoms with Crippen LogP contribution in [0.4, 0.5) is 0 Å². The zero-order valence-corrected chi connectivity index (χ0v) is 11.6. The molecule has 5 heteroatoms. The number of carbonyl (C=O) groups excluding carboxylic acids is 1. The van der Waals surface area contributed by atoms with Crippen LogP contribution in [0, 0.1) is 17.2 Å². The number of aromatic nitrogens is 2. The van der Waals surface area contributed by atoms with E-state index in [1.807, 2.05) is 18.5 Å². The maximum Gasteiger partial charge on any atom is 0.251 e. The smallest absolute Gasteiger partial charge is 0.251 e. The number of carbonyl (C=O) groups is 1. The van der Waals surface area contributed by atoms with Crippen molar-refractivity contribution in [2.75, 3.05) is 6.54 Å². The summed E-state index contributed by atoms with van der Waals surface area (Å²) < 4.78 is 2.16. The molecular weight excluding hydrogens is 264 g/mol. The first-order chi connectivity index (χ1) is 10.3. The lowest BCUT2D eigenvalue weighted by Crippen LogP contribution is -2.33. The van der Waals surface area contributed by atoms with Crippen LogP contribution in [0.1, 0.15) is 28.2 Å². The summed E-state index contributed by atoms with van der Waals surface area (Å²) in [6.45, 7) is 1.60. The molecule has 0 bridgehead atoms. The molecule has 2 aromatic rings. The number of nitrogens with zero attached hydrogens (tertiary/aromatic N) is 3. The van der Waals surface area contributed by atoms with Gasteiger partial charge in [-0.2, -0.15) is 5.26 Å². The fourth-order valence-electron chi connectivity index (χ4n) is 2.66. The highest BCUT2D eigenvalue weighted by atomic mass is 16.1. The Morgan fingerprint density at radius 3 is 3.29 bits per heavy atom. The lowest BCUT2D eigenvalue weighted by Gasteiger charge is -2.23. The summed E-state index contributed by atoms with van der Waals surface area (Å²) in [6.07, 6.45) is 5.76. The van der Waals surface area contributed by atoms with Crippen molar-refractivity contribution >= 4 is 5.91 Å². The number of nitriles is 1. The van der Waals surface area contributed by atoms with E-state index < -0.39 is 0 Å². The van der Waals surface area contributed by atoms with Crippen LogP contribution in [-0.2, 0) is 13.0 Å². The van der Waals surface area contributed by atoms with Crippen molar-refractivity contribution < 1.29 is 4.79 Å². The number of imidazole rings is 1. The van der Waals surface area contributed by atoms with Crippen LogP contribution in [0.15, 0.2) is 36.7 Å². The highest BCUT2D eigenvalue weighted by molar-refractivity contribution is 5.94. The molecule has 21 heavy (non-hydrogen) atoms. The molecule has 1 atom stereocenters. The van der Waals surface area contributed by atoms with Crippen LogP contribution < -0.4 is 5.32 Å². The third kappa shape index (κ3) is 2.95. The van der Waals surface area contributed by atoms with Crippen molar-refractivity contribution in [1.82, 2.24) is 14.9 Å². The van der Waals surface area contributed by atoms with E-state index in [0.717, 1.165) is 25.2 Å². The van der Waals surface area contributed by atoms with Gasteiger partial charge in [0.15, 0.2) is 0 Å². The van der Waals surface area contributed by atoms with E-state index in [-0.39, 0.29) is 5.91 Å². The van der Waals surface area contributed by atoms with E-state index in [4.69, 9.17) is 5.26 Å². The SMILES string of the molecule is N#Cc1cccc(C(=O)NCC2CCn3ccnc3C2)c1. The topological polar surface area (TPSA) is 70.7 Å². The predicted molar refractivity (Wildman–Crippen MR) is 77.5 cm³/mol. The van der Waals surface area contributed by atoms with E-state index in [2.05, 4.69) is 14.9 Å². The van der Waals surface area contributed by atoms with E-state index in [0.29, 0.717) is 23.6 Å². The number of hydrogen-bond acceptors (Lipinski definition) is 3. The number of hydrogen-bond donors (Lipinski definition) is 1. The largest absolute Gasteiger partial charge is 0.352 e. The lowest BCUT2D eigenvalue weighted by atomic mass is 9.97. The molecule has 1 N–H and O–H groups in total. The first-order valence-corrected chi connectivity index (χ1v) is 7.04. The Morgan fingerprint density at radius 2 is 2.43 bits per heavy atom. The second-order valence-electron chi connectivity index (χ2n) is 5.30. The second-order valence-corrected chi connectivity index (χ2v) is 5.30. The number of fused-ring (bicyclic) bond motifs is 1. The normalized spacial score (nSPS) is 16.8. The maximum absolute atomic E-state index is 12.1. The van der Waals surface area contributed by atoms with Crippen LogP contribution in [0.5, 0.6) is 0 Å². The molecule has 2 heterocycles. The lowest BCUT2D eigenvalue weighted by molar-refractivity contribution is 0.0944. The van der Waals surface area contributed by atoms with Crippen molar-refractivity contribution in [3.63, 3.8) is 0 Å². The van der Waals surface area contributed by atoms with Gasteiger partial charge in [0.1, 0.15) is 5.82 Å². The second kappa shape index (κ2) is 5.80. The number of aryl methyl sites for hydroxylation is 1. The number of amides is 1. The Kier molecular flexibility index (Phi) is 3.69. The third-order valence-corrected chi connectivity index (χ3v) is 3.86. The molecule has 1 unspecified atom stereocenters. The standard InChI is InChI=1S/C16H16N4O/c17-10-12-2-1-3-14(8-12)16(21)19-11-13-4-6-20-7-5-18-15(20)9-13/h1-3,5,7-8,13H,4,6,9,11H2,(H,19,21). The van der Waals surface area contributed by atoms with Gasteiger partial charge in [0, 0.05) is 37.5 Å². The van der Waals surface area contributed by atoms with E-state index in [1.165, 1.54) is 0 Å². The van der Waals surface area contributed by atoms with Crippen LogP contribution in [-0.4, -0.2) is 22.0 Å². The molecule has 1 aliphatic heterocycles. The van der Waals surface area contributed by atoms with Gasteiger partial charge in [0.05, 0.1) is 11.6 Å². The van der Waals surface area contributed by atoms with Crippen molar-refractivity contribution in [3.8, 4) is 6.07 Å². The minimum atomic E-state index is -0.124. The summed E-state index contributed by atoms with van der Waals surface area (Å²) in [5.74, 6) is 1.39. The van der Waals surface area contributed by atoms with E-state index >= 15 is 0 Å². The van der Waals surface area contributed by atoms with Gasteiger partial charge < -0.3 is 9.88 Å². The van der Waals surface area contributed by atoms with Gasteiger partial charge in [0.25, 0.3) is 5.91 Å². The first kappa shape index (κ1) is 13.4. The Morgan fingerprint density at radius 1 is 1.52 bits per heavy atom. The molecule has 0 saturated heterocycles. The fourth-order valence-corrected chi connectivity index (χ4v) is 2.66. The van der Waals surface area contributed by atoms with Gasteiger partial charge in [-0.25, -0.2) is 4.98 Å². The zero-order valence-electron chi connectivity index (χ0n) is 11.6. The highest BCUT2D eigenvalue weighted by Gasteiger charge is 2.19. The minimum Gasteiger partial charge on any atom is -0.352 e. The Labute approximate surface area is 123 Å². The molecule has 106 valence electrons.